The molecule has 0 saturated heterocycles. The fourth-order valence-electron chi connectivity index (χ4n) is 2.06. The molecule has 0 amide bonds. The van der Waals surface area contributed by atoms with E-state index in [0.29, 0.717) is 12.5 Å². The highest BCUT2D eigenvalue weighted by Gasteiger charge is 2.47. The van der Waals surface area contributed by atoms with Crippen LogP contribution in [0.2, 0.25) is 0 Å². The Morgan fingerprint density at radius 3 is 2.50 bits per heavy atom. The lowest BCUT2D eigenvalue weighted by atomic mass is 9.99. The predicted molar refractivity (Wildman–Crippen MR) is 70.8 cm³/mol. The smallest absolute Gasteiger partial charge is 0.418 e. The zero-order chi connectivity index (χ0) is 15.0. The molecule has 1 heterocycles. The van der Waals surface area contributed by atoms with Crippen LogP contribution in [-0.2, 0) is 11.6 Å². The predicted octanol–water partition coefficient (Wildman–Crippen LogP) is 4.58. The van der Waals surface area contributed by atoms with Crippen molar-refractivity contribution in [1.29, 1.82) is 0 Å². The van der Waals surface area contributed by atoms with Gasteiger partial charge in [0.25, 0.3) is 0 Å². The molecule has 0 radical (unpaired) electrons. The van der Waals surface area contributed by atoms with Crippen molar-refractivity contribution in [2.24, 2.45) is 5.92 Å². The summed E-state index contributed by atoms with van der Waals surface area (Å²) in [6.07, 6.45) is -0.645. The average molecular weight is 287 g/mol. The first kappa shape index (κ1) is 15.1. The van der Waals surface area contributed by atoms with E-state index in [4.69, 9.17) is 4.74 Å². The summed E-state index contributed by atoms with van der Waals surface area (Å²) < 4.78 is 44.8. The van der Waals surface area contributed by atoms with E-state index in [-0.39, 0.29) is 11.4 Å². The van der Waals surface area contributed by atoms with E-state index in [2.05, 4.69) is 4.98 Å². The van der Waals surface area contributed by atoms with Crippen molar-refractivity contribution in [2.45, 2.75) is 51.6 Å². The van der Waals surface area contributed by atoms with Gasteiger partial charge >= 0.3 is 6.18 Å². The quantitative estimate of drug-likeness (QED) is 0.791. The lowest BCUT2D eigenvalue weighted by Crippen LogP contribution is -2.16. The maximum absolute atomic E-state index is 13.1. The highest BCUT2D eigenvalue weighted by atomic mass is 19.4. The molecular weight excluding hydrogens is 267 g/mol. The number of hydrogen-bond acceptors (Lipinski definition) is 2. The third kappa shape index (κ3) is 3.44. The monoisotopic (exact) mass is 287 g/mol. The van der Waals surface area contributed by atoms with Crippen LogP contribution in [0.4, 0.5) is 13.2 Å². The molecule has 2 nitrogen and oxygen atoms in total. The molecule has 0 atom stereocenters. The molecule has 1 aromatic heterocycles. The van der Waals surface area contributed by atoms with Gasteiger partial charge in [0.2, 0.25) is 0 Å². The first-order chi connectivity index (χ1) is 9.22. The molecule has 1 aliphatic rings. The molecule has 0 aromatic carbocycles. The van der Waals surface area contributed by atoms with Crippen LogP contribution in [0.25, 0.3) is 0 Å². The first-order valence-electron chi connectivity index (χ1n) is 6.93. The Balaban J connectivity index is 2.21. The maximum atomic E-state index is 13.1. The lowest BCUT2D eigenvalue weighted by molar-refractivity contribution is -0.138. The van der Waals surface area contributed by atoms with Gasteiger partial charge in [-0.05, 0) is 31.2 Å². The molecule has 0 unspecified atom stereocenters. The van der Waals surface area contributed by atoms with Crippen molar-refractivity contribution in [3.63, 3.8) is 0 Å². The van der Waals surface area contributed by atoms with E-state index in [1.54, 1.807) is 0 Å². The minimum atomic E-state index is -4.38. The normalized spacial score (nSPS) is 17.4. The van der Waals surface area contributed by atoms with E-state index in [0.717, 1.165) is 25.3 Å². The molecule has 0 spiro atoms. The molecular formula is C15H20F3NO. The summed E-state index contributed by atoms with van der Waals surface area (Å²) >= 11 is 0. The first-order valence-corrected chi connectivity index (χ1v) is 6.93. The van der Waals surface area contributed by atoms with E-state index < -0.39 is 17.2 Å². The molecule has 20 heavy (non-hydrogen) atoms. The topological polar surface area (TPSA) is 22.1 Å². The van der Waals surface area contributed by atoms with Gasteiger partial charge in [-0.25, -0.2) is 0 Å². The summed E-state index contributed by atoms with van der Waals surface area (Å²) in [6, 6.07) is 1.09. The molecule has 1 aromatic rings. The van der Waals surface area contributed by atoms with Crippen molar-refractivity contribution in [1.82, 2.24) is 4.98 Å². The van der Waals surface area contributed by atoms with Crippen molar-refractivity contribution in [3.8, 4) is 5.75 Å². The third-order valence-electron chi connectivity index (χ3n) is 3.70. The zero-order valence-electron chi connectivity index (χ0n) is 12.0. The summed E-state index contributed by atoms with van der Waals surface area (Å²) in [7, 11) is 0. The van der Waals surface area contributed by atoms with Gasteiger partial charge in [-0.2, -0.15) is 13.2 Å². The van der Waals surface area contributed by atoms with Crippen molar-refractivity contribution < 1.29 is 17.9 Å². The largest absolute Gasteiger partial charge is 0.492 e. The van der Waals surface area contributed by atoms with E-state index in [1.807, 2.05) is 20.8 Å². The molecule has 2 rings (SSSR count). The van der Waals surface area contributed by atoms with Gasteiger partial charge in [0.05, 0.1) is 24.1 Å². The number of halogens is 3. The van der Waals surface area contributed by atoms with Crippen LogP contribution in [0.3, 0.4) is 0 Å². The molecule has 0 bridgehead atoms. The minimum absolute atomic E-state index is 0.154. The Labute approximate surface area is 117 Å². The van der Waals surface area contributed by atoms with Crippen LogP contribution in [0.1, 0.15) is 51.3 Å². The summed E-state index contributed by atoms with van der Waals surface area (Å²) in [5, 5.41) is 0. The molecule has 5 heteroatoms. The molecule has 112 valence electrons. The van der Waals surface area contributed by atoms with Gasteiger partial charge in [-0.15, -0.1) is 0 Å². The van der Waals surface area contributed by atoms with Gasteiger partial charge in [0.15, 0.2) is 0 Å². The van der Waals surface area contributed by atoms with Gasteiger partial charge in [-0.1, -0.05) is 20.8 Å². The van der Waals surface area contributed by atoms with Crippen molar-refractivity contribution in [3.05, 3.63) is 23.5 Å². The lowest BCUT2D eigenvalue weighted by Gasteiger charge is -2.18. The van der Waals surface area contributed by atoms with Gasteiger partial charge < -0.3 is 4.74 Å². The van der Waals surface area contributed by atoms with E-state index in [1.165, 1.54) is 6.20 Å². The number of pyridine rings is 1. The van der Waals surface area contributed by atoms with E-state index >= 15 is 0 Å². The van der Waals surface area contributed by atoms with Crippen LogP contribution in [0, 0.1) is 5.92 Å². The van der Waals surface area contributed by atoms with Gasteiger partial charge in [0.1, 0.15) is 5.75 Å². The molecule has 1 saturated carbocycles. The number of nitrogens with zero attached hydrogens (tertiary/aromatic N) is 1. The minimum Gasteiger partial charge on any atom is -0.492 e. The number of ether oxygens (including phenoxy) is 1. The second-order valence-corrected chi connectivity index (χ2v) is 6.16. The number of hydrogen-bond donors (Lipinski definition) is 0. The number of rotatable bonds is 5. The van der Waals surface area contributed by atoms with Crippen LogP contribution in [0.5, 0.6) is 5.75 Å². The van der Waals surface area contributed by atoms with Crippen molar-refractivity contribution >= 4 is 0 Å². The van der Waals surface area contributed by atoms with E-state index in [9.17, 15) is 13.2 Å². The molecule has 1 fully saturated rings. The highest BCUT2D eigenvalue weighted by Crippen LogP contribution is 2.50. The third-order valence-corrected chi connectivity index (χ3v) is 3.70. The molecule has 1 aliphatic carbocycles. The standard InChI is InChI=1S/C15H20F3NO/c1-10(2)4-7-20-11-8-12(15(16,17)18)13(19-9-11)14(3)5-6-14/h8-10H,4-7H2,1-3H3. The molecule has 0 N–H and O–H groups in total. The summed E-state index contributed by atoms with van der Waals surface area (Å²) in [6.45, 7) is 6.32. The average Bonchev–Trinajstić information content (AvgIpc) is 3.07. The molecule has 0 aliphatic heterocycles. The van der Waals surface area contributed by atoms with Crippen LogP contribution in [0.15, 0.2) is 12.3 Å². The summed E-state index contributed by atoms with van der Waals surface area (Å²) in [5.74, 6) is 0.653. The second-order valence-electron chi connectivity index (χ2n) is 6.16. The Kier molecular flexibility index (Phi) is 3.98. The van der Waals surface area contributed by atoms with Crippen LogP contribution >= 0.6 is 0 Å². The van der Waals surface area contributed by atoms with Crippen LogP contribution < -0.4 is 4.74 Å². The van der Waals surface area contributed by atoms with Gasteiger partial charge in [-0.3, -0.25) is 4.98 Å². The SMILES string of the molecule is CC(C)CCOc1cnc(C2(C)CC2)c(C(F)(F)F)c1. The second kappa shape index (κ2) is 5.26. The maximum Gasteiger partial charge on any atom is 0.418 e. The number of alkyl halides is 3. The fraction of sp³-hybridized carbons (Fsp3) is 0.667. The zero-order valence-corrected chi connectivity index (χ0v) is 12.0. The summed E-state index contributed by atoms with van der Waals surface area (Å²) in [5.41, 5.74) is -0.915. The Morgan fingerprint density at radius 2 is 2.00 bits per heavy atom. The number of aromatic nitrogens is 1. The Bertz CT molecular complexity index is 478. The fourth-order valence-corrected chi connectivity index (χ4v) is 2.06. The van der Waals surface area contributed by atoms with Gasteiger partial charge in [0, 0.05) is 5.41 Å². The Morgan fingerprint density at radius 1 is 1.35 bits per heavy atom. The Hall–Kier alpha value is -1.26. The summed E-state index contributed by atoms with van der Waals surface area (Å²) in [4.78, 5) is 4.03. The van der Waals surface area contributed by atoms with Crippen LogP contribution in [-0.4, -0.2) is 11.6 Å². The highest BCUT2D eigenvalue weighted by molar-refractivity contribution is 5.38. The van der Waals surface area contributed by atoms with Crippen molar-refractivity contribution in [2.75, 3.05) is 6.61 Å².